The number of aromatic nitrogens is 2. The fraction of sp³-hybridized carbons (Fsp3) is 0.391. The van der Waals surface area contributed by atoms with Gasteiger partial charge in [-0.25, -0.2) is 8.42 Å². The summed E-state index contributed by atoms with van der Waals surface area (Å²) in [7, 11) is -3.65. The Morgan fingerprint density at radius 1 is 1.12 bits per heavy atom. The number of rotatable bonds is 10. The predicted molar refractivity (Wildman–Crippen MR) is 123 cm³/mol. The first-order valence-electron chi connectivity index (χ1n) is 11.0. The van der Waals surface area contributed by atoms with Crippen molar-refractivity contribution in [3.8, 4) is 11.5 Å². The average molecular weight is 493 g/mol. The van der Waals surface area contributed by atoms with Gasteiger partial charge in [0, 0.05) is 25.3 Å². The lowest BCUT2D eigenvalue weighted by molar-refractivity contribution is 0.116. The van der Waals surface area contributed by atoms with E-state index in [-0.39, 0.29) is 30.7 Å². The van der Waals surface area contributed by atoms with Gasteiger partial charge in [-0.1, -0.05) is 30.3 Å². The van der Waals surface area contributed by atoms with Gasteiger partial charge >= 0.3 is 6.43 Å². The summed E-state index contributed by atoms with van der Waals surface area (Å²) >= 11 is 0. The molecule has 4 rings (SSSR count). The molecule has 3 aromatic rings. The van der Waals surface area contributed by atoms with E-state index < -0.39 is 22.3 Å². The number of sulfonamides is 1. The number of hydrogen-bond donors (Lipinski definition) is 1. The quantitative estimate of drug-likeness (QED) is 0.463. The third kappa shape index (κ3) is 5.78. The van der Waals surface area contributed by atoms with Crippen LogP contribution in [0.1, 0.15) is 24.3 Å². The Balaban J connectivity index is 1.50. The minimum absolute atomic E-state index is 0.0267. The molecule has 0 amide bonds. The lowest BCUT2D eigenvalue weighted by Crippen LogP contribution is -2.37. The first kappa shape index (κ1) is 24.2. The van der Waals surface area contributed by atoms with E-state index in [1.807, 2.05) is 6.07 Å². The number of anilines is 1. The normalized spacial score (nSPS) is 16.9. The Labute approximate surface area is 196 Å². The third-order valence-electron chi connectivity index (χ3n) is 5.83. The van der Waals surface area contributed by atoms with Gasteiger partial charge in [0.2, 0.25) is 15.9 Å². The zero-order valence-corrected chi connectivity index (χ0v) is 19.2. The van der Waals surface area contributed by atoms with Crippen molar-refractivity contribution in [2.45, 2.75) is 19.4 Å². The molecule has 2 heterocycles. The number of nitrogens with zero attached hydrogens (tertiary/aromatic N) is 4. The van der Waals surface area contributed by atoms with Crippen LogP contribution >= 0.6 is 0 Å². The van der Waals surface area contributed by atoms with Gasteiger partial charge in [0.25, 0.3) is 5.89 Å². The highest BCUT2D eigenvalue weighted by atomic mass is 32.2. The summed E-state index contributed by atoms with van der Waals surface area (Å²) < 4.78 is 58.4. The molecule has 1 aliphatic heterocycles. The van der Waals surface area contributed by atoms with Gasteiger partial charge in [0.05, 0.1) is 18.0 Å². The molecule has 11 heteroatoms. The van der Waals surface area contributed by atoms with Crippen LogP contribution in [0.15, 0.2) is 59.0 Å². The number of alkyl halides is 2. The molecule has 1 saturated heterocycles. The van der Waals surface area contributed by atoms with Crippen LogP contribution in [0, 0.1) is 5.92 Å². The van der Waals surface area contributed by atoms with E-state index in [4.69, 9.17) is 4.42 Å². The van der Waals surface area contributed by atoms with Crippen molar-refractivity contribution in [3.05, 3.63) is 66.1 Å². The van der Waals surface area contributed by atoms with Crippen LogP contribution in [0.2, 0.25) is 0 Å². The smallest absolute Gasteiger partial charge is 0.314 e. The number of halogens is 2. The number of likely N-dealkylation sites (tertiary alicyclic amines) is 1. The van der Waals surface area contributed by atoms with Crippen LogP contribution in [0.4, 0.5) is 14.5 Å². The Kier molecular flexibility index (Phi) is 7.54. The van der Waals surface area contributed by atoms with Crippen LogP contribution in [0.5, 0.6) is 0 Å². The SMILES string of the molecule is O=S(=O)(CCN1CC[C@H](CO)C1)N(Cc1ccc(-c2nnc(C(F)F)o2)cc1)c1ccccc1. The number of hydrogen-bond acceptors (Lipinski definition) is 7. The second-order valence-corrected chi connectivity index (χ2v) is 10.3. The summed E-state index contributed by atoms with van der Waals surface area (Å²) in [5, 5.41) is 16.3. The van der Waals surface area contributed by atoms with Gasteiger partial charge in [0.1, 0.15) is 0 Å². The van der Waals surface area contributed by atoms with Gasteiger partial charge in [-0.05, 0) is 48.7 Å². The van der Waals surface area contributed by atoms with Gasteiger partial charge in [0.15, 0.2) is 0 Å². The Bertz CT molecular complexity index is 1170. The zero-order chi connectivity index (χ0) is 24.1. The van der Waals surface area contributed by atoms with Crippen LogP contribution < -0.4 is 4.31 Å². The van der Waals surface area contributed by atoms with Crippen LogP contribution in [-0.4, -0.2) is 60.6 Å². The van der Waals surface area contributed by atoms with E-state index in [0.29, 0.717) is 29.9 Å². The molecule has 2 aromatic carbocycles. The zero-order valence-electron chi connectivity index (χ0n) is 18.4. The van der Waals surface area contributed by atoms with Gasteiger partial charge < -0.3 is 14.4 Å². The van der Waals surface area contributed by atoms with Crippen molar-refractivity contribution < 1.29 is 26.7 Å². The summed E-state index contributed by atoms with van der Waals surface area (Å²) in [4.78, 5) is 2.06. The van der Waals surface area contributed by atoms with Gasteiger partial charge in [-0.3, -0.25) is 4.31 Å². The van der Waals surface area contributed by atoms with Crippen LogP contribution in [0.25, 0.3) is 11.5 Å². The highest BCUT2D eigenvalue weighted by Crippen LogP contribution is 2.26. The van der Waals surface area contributed by atoms with E-state index in [9.17, 15) is 22.3 Å². The van der Waals surface area contributed by atoms with Crippen LogP contribution in [0.3, 0.4) is 0 Å². The molecular formula is C23H26F2N4O4S. The van der Waals surface area contributed by atoms with Crippen molar-refractivity contribution >= 4 is 15.7 Å². The molecule has 1 aliphatic rings. The highest BCUT2D eigenvalue weighted by molar-refractivity contribution is 7.92. The molecule has 1 atom stereocenters. The molecule has 0 bridgehead atoms. The maximum absolute atomic E-state index is 13.3. The summed E-state index contributed by atoms with van der Waals surface area (Å²) in [6.45, 7) is 2.09. The van der Waals surface area contributed by atoms with E-state index in [1.54, 1.807) is 48.5 Å². The largest absolute Gasteiger partial charge is 0.415 e. The molecule has 0 radical (unpaired) electrons. The van der Waals surface area contributed by atoms with Crippen molar-refractivity contribution in [1.29, 1.82) is 0 Å². The minimum Gasteiger partial charge on any atom is -0.415 e. The van der Waals surface area contributed by atoms with Crippen molar-refractivity contribution in [2.24, 2.45) is 5.92 Å². The Morgan fingerprint density at radius 3 is 2.47 bits per heavy atom. The molecular weight excluding hydrogens is 466 g/mol. The summed E-state index contributed by atoms with van der Waals surface area (Å²) in [6, 6.07) is 15.5. The standard InChI is InChI=1S/C23H26F2N4O4S/c24-21(25)23-27-26-22(33-23)19-8-6-17(7-9-19)15-29(20-4-2-1-3-5-20)34(31,32)13-12-28-11-10-18(14-28)16-30/h1-9,18,21,30H,10-16H2/t18-/m0/s1. The molecule has 8 nitrogen and oxygen atoms in total. The van der Waals surface area contributed by atoms with Crippen molar-refractivity contribution in [3.63, 3.8) is 0 Å². The average Bonchev–Trinajstić information content (AvgIpc) is 3.52. The second kappa shape index (κ2) is 10.6. The molecule has 0 saturated carbocycles. The Morgan fingerprint density at radius 2 is 1.85 bits per heavy atom. The predicted octanol–water partition coefficient (Wildman–Crippen LogP) is 3.32. The van der Waals surface area contributed by atoms with E-state index in [2.05, 4.69) is 15.1 Å². The first-order valence-corrected chi connectivity index (χ1v) is 12.6. The number of aliphatic hydroxyl groups excluding tert-OH is 1. The van der Waals surface area contributed by atoms with Gasteiger partial charge in [-0.15, -0.1) is 10.2 Å². The maximum atomic E-state index is 13.3. The van der Waals surface area contributed by atoms with Crippen LogP contribution in [-0.2, 0) is 16.6 Å². The van der Waals surface area contributed by atoms with E-state index in [1.165, 1.54) is 4.31 Å². The lowest BCUT2D eigenvalue weighted by Gasteiger charge is -2.26. The van der Waals surface area contributed by atoms with Crippen molar-refractivity contribution in [2.75, 3.05) is 36.3 Å². The van der Waals surface area contributed by atoms with E-state index >= 15 is 0 Å². The fourth-order valence-corrected chi connectivity index (χ4v) is 5.42. The third-order valence-corrected chi connectivity index (χ3v) is 7.54. The molecule has 0 aliphatic carbocycles. The maximum Gasteiger partial charge on any atom is 0.314 e. The molecule has 1 aromatic heterocycles. The highest BCUT2D eigenvalue weighted by Gasteiger charge is 2.27. The molecule has 34 heavy (non-hydrogen) atoms. The fourth-order valence-electron chi connectivity index (χ4n) is 3.92. The van der Waals surface area contributed by atoms with Crippen molar-refractivity contribution in [1.82, 2.24) is 15.1 Å². The summed E-state index contributed by atoms with van der Waals surface area (Å²) in [5.74, 6) is -0.622. The number of para-hydroxylation sites is 1. The molecule has 0 unspecified atom stereocenters. The minimum atomic E-state index is -3.65. The molecule has 0 spiro atoms. The number of benzene rings is 2. The summed E-state index contributed by atoms with van der Waals surface area (Å²) in [6.07, 6.45) is -1.98. The molecule has 1 N–H and O–H groups in total. The summed E-state index contributed by atoms with van der Waals surface area (Å²) in [5.41, 5.74) is 1.73. The lowest BCUT2D eigenvalue weighted by atomic mass is 10.1. The van der Waals surface area contributed by atoms with E-state index in [0.717, 1.165) is 13.0 Å². The monoisotopic (exact) mass is 492 g/mol. The van der Waals surface area contributed by atoms with Gasteiger partial charge in [-0.2, -0.15) is 8.78 Å². The molecule has 1 fully saturated rings. The second-order valence-electron chi connectivity index (χ2n) is 8.24. The first-order chi connectivity index (χ1) is 16.4. The Hall–Kier alpha value is -2.89. The molecule has 182 valence electrons. The topological polar surface area (TPSA) is 99.8 Å². The number of aliphatic hydroxyl groups is 1.